The molecule has 0 spiro atoms. The maximum absolute atomic E-state index is 10.4. The van der Waals surface area contributed by atoms with Crippen molar-refractivity contribution in [1.29, 1.82) is 0 Å². The molecule has 0 aliphatic heterocycles. The first-order valence-electron chi connectivity index (χ1n) is 5.13. The minimum Gasteiger partial charge on any atom is -0.493 e. The van der Waals surface area contributed by atoms with Crippen molar-refractivity contribution in [1.82, 2.24) is 0 Å². The molecule has 1 aromatic rings. The number of ether oxygens (including phenoxy) is 1. The lowest BCUT2D eigenvalue weighted by molar-refractivity contribution is -0.384. The van der Waals surface area contributed by atoms with E-state index in [4.69, 9.17) is 4.74 Å². The van der Waals surface area contributed by atoms with E-state index in [-0.39, 0.29) is 11.1 Å². The average molecular weight is 239 g/mol. The van der Waals surface area contributed by atoms with E-state index in [2.05, 4.69) is 12.6 Å². The molecule has 0 aromatic heterocycles. The van der Waals surface area contributed by atoms with Gasteiger partial charge in [0.05, 0.1) is 11.5 Å². The van der Waals surface area contributed by atoms with Crippen molar-refractivity contribution in [3.63, 3.8) is 0 Å². The zero-order valence-electron chi connectivity index (χ0n) is 8.76. The summed E-state index contributed by atoms with van der Waals surface area (Å²) in [6, 6.07) is 6.17. The lowest BCUT2D eigenvalue weighted by Gasteiger charge is -2.13. The first kappa shape index (κ1) is 11.3. The molecule has 4 nitrogen and oxygen atoms in total. The minimum absolute atomic E-state index is 0.0858. The molecule has 0 amide bonds. The second-order valence-electron chi connectivity index (χ2n) is 4.20. The number of non-ortho nitro benzene ring substituents is 1. The van der Waals surface area contributed by atoms with Gasteiger partial charge < -0.3 is 4.74 Å². The van der Waals surface area contributed by atoms with Gasteiger partial charge in [-0.15, -0.1) is 0 Å². The molecule has 1 aromatic carbocycles. The van der Waals surface area contributed by atoms with Gasteiger partial charge in [-0.05, 0) is 30.7 Å². The molecule has 0 atom stereocenters. The Morgan fingerprint density at radius 2 is 2.00 bits per heavy atom. The van der Waals surface area contributed by atoms with Gasteiger partial charge in [0.25, 0.3) is 5.69 Å². The molecule has 16 heavy (non-hydrogen) atoms. The van der Waals surface area contributed by atoms with Crippen LogP contribution in [0.25, 0.3) is 0 Å². The maximum Gasteiger partial charge on any atom is 0.269 e. The van der Waals surface area contributed by atoms with E-state index in [1.165, 1.54) is 12.1 Å². The number of thiol groups is 1. The highest BCUT2D eigenvalue weighted by Gasteiger charge is 2.42. The first-order chi connectivity index (χ1) is 7.65. The molecule has 2 rings (SSSR count). The van der Waals surface area contributed by atoms with Gasteiger partial charge in [0.15, 0.2) is 0 Å². The van der Waals surface area contributed by atoms with E-state index < -0.39 is 4.92 Å². The quantitative estimate of drug-likeness (QED) is 0.488. The average Bonchev–Trinajstić information content (AvgIpc) is 3.08. The van der Waals surface area contributed by atoms with Crippen LogP contribution in [0.5, 0.6) is 5.75 Å². The number of nitrogens with zero attached hydrogens (tertiary/aromatic N) is 1. The molecule has 0 bridgehead atoms. The zero-order chi connectivity index (χ0) is 11.6. The zero-order valence-corrected chi connectivity index (χ0v) is 9.65. The van der Waals surface area contributed by atoms with Crippen LogP contribution in [0.2, 0.25) is 0 Å². The molecule has 0 heterocycles. The molecule has 0 unspecified atom stereocenters. The van der Waals surface area contributed by atoms with Crippen molar-refractivity contribution in [2.24, 2.45) is 5.41 Å². The molecular weight excluding hydrogens is 226 g/mol. The Kier molecular flexibility index (Phi) is 3.05. The predicted molar refractivity (Wildman–Crippen MR) is 64.1 cm³/mol. The van der Waals surface area contributed by atoms with Gasteiger partial charge in [-0.3, -0.25) is 10.1 Å². The van der Waals surface area contributed by atoms with Crippen LogP contribution < -0.4 is 4.74 Å². The second kappa shape index (κ2) is 4.33. The van der Waals surface area contributed by atoms with E-state index in [1.807, 2.05) is 0 Å². The fourth-order valence-electron chi connectivity index (χ4n) is 1.43. The van der Waals surface area contributed by atoms with Crippen molar-refractivity contribution in [3.8, 4) is 5.75 Å². The lowest BCUT2D eigenvalue weighted by atomic mass is 10.2. The first-order valence-corrected chi connectivity index (χ1v) is 5.77. The third-order valence-electron chi connectivity index (χ3n) is 2.89. The van der Waals surface area contributed by atoms with Gasteiger partial charge in [0.2, 0.25) is 0 Å². The van der Waals surface area contributed by atoms with Crippen LogP contribution in [0.15, 0.2) is 24.3 Å². The Labute approximate surface area is 99.2 Å². The molecule has 1 saturated carbocycles. The second-order valence-corrected chi connectivity index (χ2v) is 4.51. The van der Waals surface area contributed by atoms with Crippen LogP contribution in [0.3, 0.4) is 0 Å². The van der Waals surface area contributed by atoms with Crippen LogP contribution in [0, 0.1) is 15.5 Å². The lowest BCUT2D eigenvalue weighted by Crippen LogP contribution is -2.14. The van der Waals surface area contributed by atoms with Crippen molar-refractivity contribution >= 4 is 18.3 Å². The molecule has 5 heteroatoms. The molecular formula is C11H13NO3S. The van der Waals surface area contributed by atoms with Gasteiger partial charge in [0.1, 0.15) is 5.75 Å². The highest BCUT2D eigenvalue weighted by Crippen LogP contribution is 2.46. The highest BCUT2D eigenvalue weighted by molar-refractivity contribution is 7.80. The highest BCUT2D eigenvalue weighted by atomic mass is 32.1. The Bertz CT molecular complexity index is 387. The van der Waals surface area contributed by atoms with E-state index in [0.717, 1.165) is 18.6 Å². The van der Waals surface area contributed by atoms with Crippen LogP contribution >= 0.6 is 12.6 Å². The minimum atomic E-state index is -0.417. The van der Waals surface area contributed by atoms with E-state index in [9.17, 15) is 10.1 Å². The Balaban J connectivity index is 1.93. The van der Waals surface area contributed by atoms with Gasteiger partial charge in [0, 0.05) is 17.5 Å². The molecule has 1 aliphatic rings. The van der Waals surface area contributed by atoms with E-state index >= 15 is 0 Å². The number of benzene rings is 1. The largest absolute Gasteiger partial charge is 0.493 e. The monoisotopic (exact) mass is 239 g/mol. The van der Waals surface area contributed by atoms with Gasteiger partial charge in [-0.2, -0.15) is 12.6 Å². The number of rotatable bonds is 5. The van der Waals surface area contributed by atoms with Crippen molar-refractivity contribution < 1.29 is 9.66 Å². The molecule has 1 aliphatic carbocycles. The maximum atomic E-state index is 10.4. The van der Waals surface area contributed by atoms with Crippen molar-refractivity contribution in [2.45, 2.75) is 12.8 Å². The van der Waals surface area contributed by atoms with E-state index in [1.54, 1.807) is 12.1 Å². The fraction of sp³-hybridized carbons (Fsp3) is 0.455. The number of nitro benzene ring substituents is 1. The predicted octanol–water partition coefficient (Wildman–Crippen LogP) is 2.68. The number of nitro groups is 1. The SMILES string of the molecule is O=[N+]([O-])c1ccc(OCC2(CS)CC2)cc1. The smallest absolute Gasteiger partial charge is 0.269 e. The summed E-state index contributed by atoms with van der Waals surface area (Å²) < 4.78 is 5.59. The standard InChI is InChI=1S/C11H13NO3S/c13-12(14)9-1-3-10(4-2-9)15-7-11(8-16)5-6-11/h1-4,16H,5-8H2. The normalized spacial score (nSPS) is 16.8. The third-order valence-corrected chi connectivity index (χ3v) is 3.56. The summed E-state index contributed by atoms with van der Waals surface area (Å²) in [5.74, 6) is 1.51. The summed E-state index contributed by atoms with van der Waals surface area (Å²) in [7, 11) is 0. The Hall–Kier alpha value is -1.23. The topological polar surface area (TPSA) is 52.4 Å². The third kappa shape index (κ3) is 2.47. The summed E-state index contributed by atoms with van der Waals surface area (Å²) in [6.45, 7) is 0.647. The summed E-state index contributed by atoms with van der Waals surface area (Å²) in [6.07, 6.45) is 2.31. The molecule has 0 N–H and O–H groups in total. The number of hydrogen-bond acceptors (Lipinski definition) is 4. The van der Waals surface area contributed by atoms with Crippen molar-refractivity contribution in [3.05, 3.63) is 34.4 Å². The van der Waals surface area contributed by atoms with Crippen LogP contribution in [-0.4, -0.2) is 17.3 Å². The van der Waals surface area contributed by atoms with Gasteiger partial charge >= 0.3 is 0 Å². The van der Waals surface area contributed by atoms with Crippen LogP contribution in [-0.2, 0) is 0 Å². The molecule has 1 fully saturated rings. The fourth-order valence-corrected chi connectivity index (χ4v) is 1.83. The van der Waals surface area contributed by atoms with Crippen molar-refractivity contribution in [2.75, 3.05) is 12.4 Å². The molecule has 0 saturated heterocycles. The van der Waals surface area contributed by atoms with Gasteiger partial charge in [-0.1, -0.05) is 0 Å². The molecule has 86 valence electrons. The van der Waals surface area contributed by atoms with E-state index in [0.29, 0.717) is 12.4 Å². The Morgan fingerprint density at radius 1 is 1.38 bits per heavy atom. The Morgan fingerprint density at radius 3 is 2.44 bits per heavy atom. The van der Waals surface area contributed by atoms with Gasteiger partial charge in [-0.25, -0.2) is 0 Å². The molecule has 0 radical (unpaired) electrons. The van der Waals surface area contributed by atoms with Crippen LogP contribution in [0.4, 0.5) is 5.69 Å². The van der Waals surface area contributed by atoms with Crippen LogP contribution in [0.1, 0.15) is 12.8 Å². The summed E-state index contributed by atoms with van der Waals surface area (Å²) >= 11 is 4.28. The summed E-state index contributed by atoms with van der Waals surface area (Å²) in [4.78, 5) is 10.0. The summed E-state index contributed by atoms with van der Waals surface area (Å²) in [5.41, 5.74) is 0.327. The summed E-state index contributed by atoms with van der Waals surface area (Å²) in [5, 5.41) is 10.4. The number of hydrogen-bond donors (Lipinski definition) is 1.